The van der Waals surface area contributed by atoms with E-state index in [2.05, 4.69) is 13.8 Å². The van der Waals surface area contributed by atoms with Crippen molar-refractivity contribution < 1.29 is 28.6 Å². The third kappa shape index (κ3) is 4.69. The van der Waals surface area contributed by atoms with Gasteiger partial charge in [-0.2, -0.15) is 0 Å². The van der Waals surface area contributed by atoms with Gasteiger partial charge >= 0.3 is 5.97 Å². The van der Waals surface area contributed by atoms with Gasteiger partial charge in [0.25, 0.3) is 0 Å². The van der Waals surface area contributed by atoms with E-state index in [1.54, 1.807) is 19.1 Å². The number of fused-ring (bicyclic) bond motifs is 5. The van der Waals surface area contributed by atoms with Gasteiger partial charge in [0.1, 0.15) is 17.7 Å². The maximum absolute atomic E-state index is 13.3. The van der Waals surface area contributed by atoms with Crippen LogP contribution >= 0.6 is 0 Å². The quantitative estimate of drug-likeness (QED) is 0.420. The molecule has 1 aromatic carbocycles. The fourth-order valence-electron chi connectivity index (χ4n) is 9.87. The number of hydrogen-bond acceptors (Lipinski definition) is 6. The maximum Gasteiger partial charge on any atom is 0.338 e. The molecule has 1 heterocycles. The molecule has 5 aliphatic rings. The van der Waals surface area contributed by atoms with Crippen molar-refractivity contribution in [2.45, 2.75) is 103 Å². The number of ketones is 2. The molecule has 0 amide bonds. The second-order valence-electron chi connectivity index (χ2n) is 13.6. The van der Waals surface area contributed by atoms with Crippen molar-refractivity contribution in [2.75, 3.05) is 6.61 Å². The van der Waals surface area contributed by atoms with E-state index in [4.69, 9.17) is 14.2 Å². The fraction of sp³-hybridized carbons (Fsp3) is 0.727. The lowest BCUT2D eigenvalue weighted by molar-refractivity contribution is -0.261. The topological polar surface area (TPSA) is 78.9 Å². The molecule has 10 atom stereocenters. The van der Waals surface area contributed by atoms with Crippen LogP contribution in [-0.2, 0) is 23.8 Å². The molecule has 0 unspecified atom stereocenters. The Morgan fingerprint density at radius 3 is 2.49 bits per heavy atom. The van der Waals surface area contributed by atoms with Gasteiger partial charge in [0.15, 0.2) is 6.29 Å². The molecule has 212 valence electrons. The summed E-state index contributed by atoms with van der Waals surface area (Å²) in [6, 6.07) is 9.18. The first kappa shape index (κ1) is 27.1. The number of rotatable bonds is 5. The summed E-state index contributed by atoms with van der Waals surface area (Å²) in [7, 11) is 0. The third-order valence-corrected chi connectivity index (χ3v) is 11.6. The van der Waals surface area contributed by atoms with Crippen LogP contribution in [0.25, 0.3) is 0 Å². The summed E-state index contributed by atoms with van der Waals surface area (Å²) < 4.78 is 19.3. The molecule has 4 aliphatic carbocycles. The van der Waals surface area contributed by atoms with Gasteiger partial charge in [0.05, 0.1) is 11.7 Å². The predicted octanol–water partition coefficient (Wildman–Crippen LogP) is 6.16. The van der Waals surface area contributed by atoms with E-state index in [1.165, 1.54) is 0 Å². The minimum Gasteiger partial charge on any atom is -0.458 e. The van der Waals surface area contributed by atoms with Crippen LogP contribution in [0.1, 0.15) is 95.3 Å². The fourth-order valence-corrected chi connectivity index (χ4v) is 9.87. The number of esters is 1. The molecule has 6 rings (SSSR count). The lowest BCUT2D eigenvalue weighted by atomic mass is 9.43. The van der Waals surface area contributed by atoms with E-state index in [9.17, 15) is 14.4 Å². The zero-order chi connectivity index (χ0) is 27.4. The zero-order valence-corrected chi connectivity index (χ0v) is 23.7. The Kier molecular flexibility index (Phi) is 7.24. The molecular weight excluding hydrogens is 492 g/mol. The number of Topliss-reactive ketones (excluding diaryl/α,β-unsaturated/α-hetero) is 2. The van der Waals surface area contributed by atoms with E-state index < -0.39 is 0 Å². The predicted molar refractivity (Wildman–Crippen MR) is 146 cm³/mol. The van der Waals surface area contributed by atoms with Crippen molar-refractivity contribution in [3.05, 3.63) is 35.9 Å². The van der Waals surface area contributed by atoms with Gasteiger partial charge in [-0.15, -0.1) is 0 Å². The van der Waals surface area contributed by atoms with Crippen molar-refractivity contribution in [3.8, 4) is 0 Å². The highest BCUT2D eigenvalue weighted by molar-refractivity contribution is 5.89. The number of benzene rings is 1. The van der Waals surface area contributed by atoms with Crippen LogP contribution in [0.4, 0.5) is 0 Å². The lowest BCUT2D eigenvalue weighted by Crippen LogP contribution is -2.63. The van der Waals surface area contributed by atoms with E-state index in [0.29, 0.717) is 24.3 Å². The van der Waals surface area contributed by atoms with Crippen molar-refractivity contribution >= 4 is 17.5 Å². The Balaban J connectivity index is 1.38. The highest BCUT2D eigenvalue weighted by Crippen LogP contribution is 2.68. The molecule has 0 radical (unpaired) electrons. The minimum absolute atomic E-state index is 0.0274. The molecule has 5 fully saturated rings. The molecule has 0 N–H and O–H groups in total. The van der Waals surface area contributed by atoms with Crippen molar-refractivity contribution in [1.82, 2.24) is 0 Å². The first-order valence-electron chi connectivity index (χ1n) is 15.3. The Labute approximate surface area is 232 Å². The largest absolute Gasteiger partial charge is 0.458 e. The second kappa shape index (κ2) is 10.4. The summed E-state index contributed by atoms with van der Waals surface area (Å²) in [4.78, 5) is 39.0. The Bertz CT molecular complexity index is 1090. The molecule has 39 heavy (non-hydrogen) atoms. The molecule has 0 bridgehead atoms. The van der Waals surface area contributed by atoms with Crippen molar-refractivity contribution in [2.24, 2.45) is 40.4 Å². The van der Waals surface area contributed by atoms with Gasteiger partial charge in [-0.05, 0) is 99.0 Å². The standard InChI is InChI=1S/C33H44O6/c1-20(34)24-12-13-25-23-18-27(39-31(36)21-9-5-4-6-10-21)26-17-22(35)14-15-32(26,2)30(23)28(19-33(24,25)3)38-29-11-7-8-16-37-29/h4-6,9-10,23-30H,7-8,11-19H2,1-3H3/t23-,24+,25-,26-,27+,28+,29+,30+,32-,33+/m0/s1. The smallest absolute Gasteiger partial charge is 0.338 e. The van der Waals surface area contributed by atoms with Gasteiger partial charge in [0.2, 0.25) is 0 Å². The molecular formula is C33H44O6. The minimum atomic E-state index is -0.321. The van der Waals surface area contributed by atoms with Crippen LogP contribution in [0.5, 0.6) is 0 Å². The maximum atomic E-state index is 13.3. The summed E-state index contributed by atoms with van der Waals surface area (Å²) in [5.41, 5.74) is 0.214. The summed E-state index contributed by atoms with van der Waals surface area (Å²) in [5, 5.41) is 0. The van der Waals surface area contributed by atoms with Crippen LogP contribution in [0.2, 0.25) is 0 Å². The van der Waals surface area contributed by atoms with Crippen molar-refractivity contribution in [1.29, 1.82) is 0 Å². The first-order valence-corrected chi connectivity index (χ1v) is 15.3. The molecule has 0 spiro atoms. The number of hydrogen-bond donors (Lipinski definition) is 0. The Morgan fingerprint density at radius 2 is 1.77 bits per heavy atom. The van der Waals surface area contributed by atoms with Crippen LogP contribution in [0, 0.1) is 40.4 Å². The highest BCUT2D eigenvalue weighted by Gasteiger charge is 2.66. The summed E-state index contributed by atoms with van der Waals surface area (Å²) in [6.07, 6.45) is 7.85. The highest BCUT2D eigenvalue weighted by atomic mass is 16.7. The number of ether oxygens (including phenoxy) is 3. The Morgan fingerprint density at radius 1 is 0.974 bits per heavy atom. The van der Waals surface area contributed by atoms with Gasteiger partial charge < -0.3 is 14.2 Å². The van der Waals surface area contributed by atoms with E-state index in [1.807, 2.05) is 18.2 Å². The lowest BCUT2D eigenvalue weighted by Gasteiger charge is -2.63. The van der Waals surface area contributed by atoms with E-state index in [-0.39, 0.29) is 70.5 Å². The van der Waals surface area contributed by atoms with Gasteiger partial charge in [0, 0.05) is 31.3 Å². The number of carbonyl (C=O) groups is 3. The SMILES string of the molecule is CC(=O)[C@H]1CC[C@H]2[C@@H]3C[C@@H](OC(=O)c4ccccc4)[C@@H]4CC(=O)CC[C@]4(C)[C@H]3[C@H](O[C@@H]3CCCCO3)C[C@]12C. The molecule has 1 aromatic rings. The van der Waals surface area contributed by atoms with Crippen LogP contribution < -0.4 is 0 Å². The molecule has 6 heteroatoms. The average molecular weight is 537 g/mol. The number of carbonyl (C=O) groups excluding carboxylic acids is 3. The average Bonchev–Trinajstić information content (AvgIpc) is 3.27. The monoisotopic (exact) mass is 536 g/mol. The summed E-state index contributed by atoms with van der Waals surface area (Å²) in [5.74, 6) is 1.13. The Hall–Kier alpha value is -2.05. The summed E-state index contributed by atoms with van der Waals surface area (Å²) >= 11 is 0. The first-order chi connectivity index (χ1) is 18.7. The second-order valence-corrected chi connectivity index (χ2v) is 13.6. The normalized spacial score (nSPS) is 43.6. The molecule has 4 saturated carbocycles. The van der Waals surface area contributed by atoms with Gasteiger partial charge in [-0.25, -0.2) is 4.79 Å². The van der Waals surface area contributed by atoms with Gasteiger partial charge in [-0.3, -0.25) is 9.59 Å². The van der Waals surface area contributed by atoms with Crippen LogP contribution in [0.15, 0.2) is 30.3 Å². The van der Waals surface area contributed by atoms with E-state index in [0.717, 1.165) is 58.0 Å². The molecule has 1 saturated heterocycles. The van der Waals surface area contributed by atoms with E-state index >= 15 is 0 Å². The molecule has 0 aromatic heterocycles. The van der Waals surface area contributed by atoms with Gasteiger partial charge in [-0.1, -0.05) is 32.0 Å². The van der Waals surface area contributed by atoms with Crippen molar-refractivity contribution in [3.63, 3.8) is 0 Å². The summed E-state index contributed by atoms with van der Waals surface area (Å²) in [6.45, 7) is 7.13. The molecule has 6 nitrogen and oxygen atoms in total. The zero-order valence-electron chi connectivity index (χ0n) is 23.7. The van der Waals surface area contributed by atoms with Crippen LogP contribution in [0.3, 0.4) is 0 Å². The molecule has 1 aliphatic heterocycles. The third-order valence-electron chi connectivity index (χ3n) is 11.6. The van der Waals surface area contributed by atoms with Crippen LogP contribution in [-0.4, -0.2) is 42.6 Å².